The van der Waals surface area contributed by atoms with Crippen molar-refractivity contribution in [2.75, 3.05) is 7.11 Å². The van der Waals surface area contributed by atoms with Gasteiger partial charge in [0.1, 0.15) is 5.75 Å². The first-order valence-corrected chi connectivity index (χ1v) is 11.1. The number of hydrogen-bond acceptors (Lipinski definition) is 5. The Morgan fingerprint density at radius 1 is 1.18 bits per heavy atom. The second-order valence-electron chi connectivity index (χ2n) is 8.09. The van der Waals surface area contributed by atoms with Gasteiger partial charge >= 0.3 is 12.0 Å². The molecular formula is C25H25ClN4O4. The normalized spacial score (nSPS) is 15.7. The summed E-state index contributed by atoms with van der Waals surface area (Å²) in [4.78, 5) is 25.5. The van der Waals surface area contributed by atoms with Gasteiger partial charge in [-0.1, -0.05) is 29.8 Å². The second kappa shape index (κ2) is 9.61. The SMILES string of the molecule is COc1ccc(-c2nn(-c3ccccc3)cc2[C@H]2NC(=O)NC(C)=C2C(=O)OC(C)C)cc1Cl. The van der Waals surface area contributed by atoms with Crippen molar-refractivity contribution in [3.05, 3.63) is 76.6 Å². The number of rotatable bonds is 6. The average molecular weight is 481 g/mol. The van der Waals surface area contributed by atoms with Gasteiger partial charge in [-0.25, -0.2) is 14.3 Å². The largest absolute Gasteiger partial charge is 0.495 e. The highest BCUT2D eigenvalue weighted by Crippen LogP contribution is 2.37. The van der Waals surface area contributed by atoms with Crippen LogP contribution in [0.1, 0.15) is 32.4 Å². The summed E-state index contributed by atoms with van der Waals surface area (Å²) in [5.41, 5.74) is 3.44. The highest BCUT2D eigenvalue weighted by Gasteiger charge is 2.35. The van der Waals surface area contributed by atoms with Crippen LogP contribution in [-0.2, 0) is 9.53 Å². The van der Waals surface area contributed by atoms with Crippen molar-refractivity contribution in [3.8, 4) is 22.7 Å². The molecule has 2 heterocycles. The Kier molecular flexibility index (Phi) is 6.61. The van der Waals surface area contributed by atoms with Crippen LogP contribution in [0.4, 0.5) is 4.79 Å². The first-order chi connectivity index (χ1) is 16.3. The van der Waals surface area contributed by atoms with Crippen LogP contribution in [-0.4, -0.2) is 35.0 Å². The van der Waals surface area contributed by atoms with E-state index >= 15 is 0 Å². The molecule has 0 aliphatic carbocycles. The number of aromatic nitrogens is 2. The maximum atomic E-state index is 13.0. The molecule has 0 saturated heterocycles. The highest BCUT2D eigenvalue weighted by molar-refractivity contribution is 6.32. The van der Waals surface area contributed by atoms with Crippen LogP contribution in [0.25, 0.3) is 16.9 Å². The lowest BCUT2D eigenvalue weighted by Crippen LogP contribution is -2.45. The number of urea groups is 1. The number of halogens is 1. The molecule has 0 bridgehead atoms. The van der Waals surface area contributed by atoms with E-state index in [4.69, 9.17) is 26.2 Å². The molecule has 8 nitrogen and oxygen atoms in total. The third-order valence-corrected chi connectivity index (χ3v) is 5.63. The minimum atomic E-state index is -0.784. The summed E-state index contributed by atoms with van der Waals surface area (Å²) in [6, 6.07) is 13.7. The number of para-hydroxylation sites is 1. The topological polar surface area (TPSA) is 94.5 Å². The van der Waals surface area contributed by atoms with Gasteiger partial charge in [-0.3, -0.25) is 0 Å². The molecular weight excluding hydrogens is 456 g/mol. The summed E-state index contributed by atoms with van der Waals surface area (Å²) in [5, 5.41) is 10.7. The Bertz CT molecular complexity index is 1270. The third kappa shape index (κ3) is 4.63. The van der Waals surface area contributed by atoms with Crippen molar-refractivity contribution in [3.63, 3.8) is 0 Å². The van der Waals surface area contributed by atoms with E-state index in [-0.39, 0.29) is 6.10 Å². The second-order valence-corrected chi connectivity index (χ2v) is 8.49. The van der Waals surface area contributed by atoms with Crippen molar-refractivity contribution in [2.45, 2.75) is 32.9 Å². The molecule has 4 rings (SSSR count). The smallest absolute Gasteiger partial charge is 0.338 e. The fourth-order valence-electron chi connectivity index (χ4n) is 3.82. The summed E-state index contributed by atoms with van der Waals surface area (Å²) in [7, 11) is 1.54. The van der Waals surface area contributed by atoms with Crippen molar-refractivity contribution in [2.24, 2.45) is 0 Å². The van der Waals surface area contributed by atoms with Crippen molar-refractivity contribution < 1.29 is 19.1 Å². The van der Waals surface area contributed by atoms with E-state index in [9.17, 15) is 9.59 Å². The Morgan fingerprint density at radius 3 is 2.56 bits per heavy atom. The number of allylic oxidation sites excluding steroid dienone is 1. The van der Waals surface area contributed by atoms with Gasteiger partial charge in [0, 0.05) is 23.0 Å². The number of amides is 2. The van der Waals surface area contributed by atoms with Gasteiger partial charge in [0.15, 0.2) is 0 Å². The number of methoxy groups -OCH3 is 1. The highest BCUT2D eigenvalue weighted by atomic mass is 35.5. The summed E-state index contributed by atoms with van der Waals surface area (Å²) in [6.07, 6.45) is 1.48. The number of ether oxygens (including phenoxy) is 2. The molecule has 2 amide bonds. The number of carbonyl (C=O) groups is 2. The fourth-order valence-corrected chi connectivity index (χ4v) is 4.08. The van der Waals surface area contributed by atoms with Crippen molar-refractivity contribution in [1.82, 2.24) is 20.4 Å². The van der Waals surface area contributed by atoms with Gasteiger partial charge in [0.05, 0.1) is 41.2 Å². The van der Waals surface area contributed by atoms with Crippen LogP contribution in [0.2, 0.25) is 5.02 Å². The number of nitrogens with zero attached hydrogens (tertiary/aromatic N) is 2. The maximum absolute atomic E-state index is 13.0. The minimum absolute atomic E-state index is 0.307. The van der Waals surface area contributed by atoms with Gasteiger partial charge < -0.3 is 20.1 Å². The lowest BCUT2D eigenvalue weighted by atomic mass is 9.93. The van der Waals surface area contributed by atoms with Gasteiger partial charge in [0.2, 0.25) is 0 Å². The Morgan fingerprint density at radius 2 is 1.91 bits per heavy atom. The van der Waals surface area contributed by atoms with E-state index in [1.807, 2.05) is 36.4 Å². The first kappa shape index (κ1) is 23.4. The Balaban J connectivity index is 1.90. The summed E-state index contributed by atoms with van der Waals surface area (Å²) in [5.74, 6) is 0.0118. The van der Waals surface area contributed by atoms with Crippen LogP contribution in [0.15, 0.2) is 66.0 Å². The van der Waals surface area contributed by atoms with Gasteiger partial charge in [-0.2, -0.15) is 5.10 Å². The van der Waals surface area contributed by atoms with E-state index in [0.29, 0.717) is 38.9 Å². The van der Waals surface area contributed by atoms with Crippen LogP contribution in [0.5, 0.6) is 5.75 Å². The number of nitrogens with one attached hydrogen (secondary N) is 2. The lowest BCUT2D eigenvalue weighted by Gasteiger charge is -2.28. The molecule has 3 aromatic rings. The predicted molar refractivity (Wildman–Crippen MR) is 129 cm³/mol. The summed E-state index contributed by atoms with van der Waals surface area (Å²) < 4.78 is 12.5. The Labute approximate surface area is 202 Å². The lowest BCUT2D eigenvalue weighted by molar-refractivity contribution is -0.143. The molecule has 1 aliphatic heterocycles. The summed E-state index contributed by atoms with van der Waals surface area (Å²) >= 11 is 6.40. The zero-order valence-corrected chi connectivity index (χ0v) is 20.0. The third-order valence-electron chi connectivity index (χ3n) is 5.33. The molecule has 1 atom stereocenters. The first-order valence-electron chi connectivity index (χ1n) is 10.8. The fraction of sp³-hybridized carbons (Fsp3) is 0.240. The van der Waals surface area contributed by atoms with Gasteiger partial charge in [-0.15, -0.1) is 0 Å². The van der Waals surface area contributed by atoms with E-state index in [2.05, 4.69) is 10.6 Å². The van der Waals surface area contributed by atoms with Crippen molar-refractivity contribution in [1.29, 1.82) is 0 Å². The van der Waals surface area contributed by atoms with Crippen LogP contribution >= 0.6 is 11.6 Å². The van der Waals surface area contributed by atoms with E-state index in [1.165, 1.54) is 0 Å². The van der Waals surface area contributed by atoms with Gasteiger partial charge in [-0.05, 0) is 51.1 Å². The van der Waals surface area contributed by atoms with Crippen LogP contribution < -0.4 is 15.4 Å². The number of benzene rings is 2. The molecule has 0 saturated carbocycles. The standard InChI is InChI=1S/C25H25ClN4O4/c1-14(2)34-24(31)21-15(3)27-25(32)28-23(21)18-13-30(17-8-6-5-7-9-17)29-22(18)16-10-11-20(33-4)19(26)12-16/h5-14,23H,1-4H3,(H2,27,28,32)/t23-/m1/s1. The molecule has 0 spiro atoms. The molecule has 0 fully saturated rings. The van der Waals surface area contributed by atoms with E-state index < -0.39 is 18.0 Å². The number of hydrogen-bond donors (Lipinski definition) is 2. The molecule has 0 radical (unpaired) electrons. The molecule has 2 aromatic carbocycles. The molecule has 176 valence electrons. The minimum Gasteiger partial charge on any atom is -0.495 e. The number of esters is 1. The zero-order chi connectivity index (χ0) is 24.4. The van der Waals surface area contributed by atoms with E-state index in [0.717, 1.165) is 5.69 Å². The molecule has 2 N–H and O–H groups in total. The molecule has 1 aliphatic rings. The molecule has 9 heteroatoms. The van der Waals surface area contributed by atoms with Crippen LogP contribution in [0, 0.1) is 0 Å². The Hall–Kier alpha value is -3.78. The summed E-state index contributed by atoms with van der Waals surface area (Å²) in [6.45, 7) is 5.22. The maximum Gasteiger partial charge on any atom is 0.338 e. The quantitative estimate of drug-likeness (QED) is 0.495. The average Bonchev–Trinajstić information content (AvgIpc) is 3.24. The molecule has 1 aromatic heterocycles. The van der Waals surface area contributed by atoms with Crippen molar-refractivity contribution >= 4 is 23.6 Å². The predicted octanol–water partition coefficient (Wildman–Crippen LogP) is 4.78. The zero-order valence-electron chi connectivity index (χ0n) is 19.3. The number of carbonyl (C=O) groups excluding carboxylic acids is 2. The van der Waals surface area contributed by atoms with Gasteiger partial charge in [0.25, 0.3) is 0 Å². The van der Waals surface area contributed by atoms with E-state index in [1.54, 1.807) is 50.9 Å². The molecule has 34 heavy (non-hydrogen) atoms. The molecule has 0 unspecified atom stereocenters. The van der Waals surface area contributed by atoms with Crippen LogP contribution in [0.3, 0.4) is 0 Å². The monoisotopic (exact) mass is 480 g/mol.